The first-order valence-corrected chi connectivity index (χ1v) is 10.1. The number of fused-ring (bicyclic) bond motifs is 2. The SMILES string of the molecule is C[C@@H](NC(=O)c1cc2c(=O)[nH]c(-c3ccc4c(c3)OCCO4)cn2n1)c1ccc(F)cc1. The van der Waals surface area contributed by atoms with Gasteiger partial charge in [0.15, 0.2) is 17.2 Å². The first kappa shape index (κ1) is 19.8. The van der Waals surface area contributed by atoms with Crippen LogP contribution in [0.3, 0.4) is 0 Å². The summed E-state index contributed by atoms with van der Waals surface area (Å²) < 4.78 is 25.6. The average molecular weight is 434 g/mol. The second-order valence-corrected chi connectivity index (χ2v) is 7.46. The Hall–Kier alpha value is -4.14. The number of hydrogen-bond donors (Lipinski definition) is 2. The zero-order valence-electron chi connectivity index (χ0n) is 17.1. The Morgan fingerprint density at radius 3 is 2.66 bits per heavy atom. The molecule has 0 saturated heterocycles. The van der Waals surface area contributed by atoms with E-state index < -0.39 is 5.91 Å². The molecule has 0 spiro atoms. The molecule has 1 aliphatic heterocycles. The Labute approximate surface area is 181 Å². The number of H-pyrrole nitrogens is 1. The maximum absolute atomic E-state index is 13.1. The Bertz CT molecular complexity index is 1380. The van der Waals surface area contributed by atoms with Gasteiger partial charge in [-0.25, -0.2) is 8.91 Å². The molecule has 4 aromatic rings. The molecule has 3 heterocycles. The van der Waals surface area contributed by atoms with Crippen LogP contribution in [0.4, 0.5) is 4.39 Å². The zero-order chi connectivity index (χ0) is 22.2. The summed E-state index contributed by atoms with van der Waals surface area (Å²) in [5.74, 6) is 0.466. The quantitative estimate of drug-likeness (QED) is 0.515. The Morgan fingerprint density at radius 2 is 1.88 bits per heavy atom. The van der Waals surface area contributed by atoms with E-state index in [0.29, 0.717) is 30.4 Å². The number of ether oxygens (including phenoxy) is 2. The van der Waals surface area contributed by atoms with Crippen molar-refractivity contribution >= 4 is 11.4 Å². The van der Waals surface area contributed by atoms with Gasteiger partial charge in [0.1, 0.15) is 24.5 Å². The molecule has 32 heavy (non-hydrogen) atoms. The van der Waals surface area contributed by atoms with Crippen LogP contribution in [0.1, 0.15) is 29.0 Å². The molecule has 1 atom stereocenters. The van der Waals surface area contributed by atoms with Crippen molar-refractivity contribution in [2.24, 2.45) is 0 Å². The predicted octanol–water partition coefficient (Wildman–Crippen LogP) is 3.09. The second kappa shape index (κ2) is 7.84. The van der Waals surface area contributed by atoms with E-state index in [1.807, 2.05) is 6.07 Å². The van der Waals surface area contributed by atoms with Crippen molar-refractivity contribution in [1.82, 2.24) is 19.9 Å². The number of nitrogens with one attached hydrogen (secondary N) is 2. The molecule has 2 N–H and O–H groups in total. The summed E-state index contributed by atoms with van der Waals surface area (Å²) in [5, 5.41) is 7.09. The maximum atomic E-state index is 13.1. The van der Waals surface area contributed by atoms with Gasteiger partial charge in [0.05, 0.1) is 17.9 Å². The number of aromatic nitrogens is 3. The molecule has 1 amide bonds. The Morgan fingerprint density at radius 1 is 1.12 bits per heavy atom. The van der Waals surface area contributed by atoms with Gasteiger partial charge in [-0.1, -0.05) is 12.1 Å². The molecule has 0 unspecified atom stereocenters. The van der Waals surface area contributed by atoms with Crippen molar-refractivity contribution in [3.05, 3.63) is 82.2 Å². The zero-order valence-corrected chi connectivity index (χ0v) is 17.1. The summed E-state index contributed by atoms with van der Waals surface area (Å²) in [7, 11) is 0. The van der Waals surface area contributed by atoms with Crippen LogP contribution in [-0.4, -0.2) is 33.7 Å². The van der Waals surface area contributed by atoms with Crippen LogP contribution in [0.15, 0.2) is 59.5 Å². The first-order chi connectivity index (χ1) is 15.5. The van der Waals surface area contributed by atoms with Gasteiger partial charge in [-0.05, 0) is 42.8 Å². The van der Waals surface area contributed by atoms with Crippen LogP contribution >= 0.6 is 0 Å². The highest BCUT2D eigenvalue weighted by molar-refractivity contribution is 5.93. The van der Waals surface area contributed by atoms with E-state index in [1.165, 1.54) is 22.7 Å². The molecular weight excluding hydrogens is 415 g/mol. The molecule has 1 aliphatic rings. The van der Waals surface area contributed by atoms with Crippen molar-refractivity contribution in [3.8, 4) is 22.8 Å². The maximum Gasteiger partial charge on any atom is 0.274 e. The number of benzene rings is 2. The number of carbonyl (C=O) groups is 1. The van der Waals surface area contributed by atoms with E-state index in [0.717, 1.165) is 11.1 Å². The van der Waals surface area contributed by atoms with Crippen molar-refractivity contribution in [1.29, 1.82) is 0 Å². The number of rotatable bonds is 4. The van der Waals surface area contributed by atoms with Crippen molar-refractivity contribution in [2.45, 2.75) is 13.0 Å². The van der Waals surface area contributed by atoms with Gasteiger partial charge in [0, 0.05) is 11.6 Å². The molecule has 5 rings (SSSR count). The molecule has 8 nitrogen and oxygen atoms in total. The van der Waals surface area contributed by atoms with Crippen LogP contribution < -0.4 is 20.3 Å². The fraction of sp³-hybridized carbons (Fsp3) is 0.174. The van der Waals surface area contributed by atoms with Gasteiger partial charge in [-0.3, -0.25) is 9.59 Å². The average Bonchev–Trinajstić information content (AvgIpc) is 3.24. The summed E-state index contributed by atoms with van der Waals surface area (Å²) in [6.07, 6.45) is 1.64. The molecule has 0 bridgehead atoms. The molecule has 162 valence electrons. The Kier molecular flexibility index (Phi) is 4.85. The third kappa shape index (κ3) is 3.68. The number of amides is 1. The number of nitrogens with zero attached hydrogens (tertiary/aromatic N) is 2. The standard InChI is InChI=1S/C23H19FN4O4/c1-13(14-2-5-16(24)6-3-14)25-22(29)17-11-19-23(30)26-18(12-28(19)27-17)15-4-7-20-21(10-15)32-9-8-31-20/h2-7,10-13H,8-9H2,1H3,(H,25,29)(H,26,30)/t13-/m1/s1. The molecule has 0 fully saturated rings. The lowest BCUT2D eigenvalue weighted by atomic mass is 10.1. The minimum absolute atomic E-state index is 0.101. The summed E-state index contributed by atoms with van der Waals surface area (Å²) in [6.45, 7) is 2.74. The van der Waals surface area contributed by atoms with Gasteiger partial charge in [-0.2, -0.15) is 5.10 Å². The molecular formula is C23H19FN4O4. The summed E-state index contributed by atoms with van der Waals surface area (Å²) >= 11 is 0. The molecule has 2 aromatic carbocycles. The molecule has 0 saturated carbocycles. The van der Waals surface area contributed by atoms with E-state index in [2.05, 4.69) is 15.4 Å². The fourth-order valence-electron chi connectivity index (χ4n) is 3.58. The van der Waals surface area contributed by atoms with Gasteiger partial charge in [-0.15, -0.1) is 0 Å². The van der Waals surface area contributed by atoms with Crippen LogP contribution in [0, 0.1) is 5.82 Å². The van der Waals surface area contributed by atoms with E-state index in [9.17, 15) is 14.0 Å². The summed E-state index contributed by atoms with van der Waals surface area (Å²) in [4.78, 5) is 28.1. The smallest absolute Gasteiger partial charge is 0.274 e. The normalized spacial score (nSPS) is 13.7. The lowest BCUT2D eigenvalue weighted by molar-refractivity contribution is 0.0934. The van der Waals surface area contributed by atoms with Gasteiger partial charge >= 0.3 is 0 Å². The van der Waals surface area contributed by atoms with Crippen molar-refractivity contribution in [3.63, 3.8) is 0 Å². The van der Waals surface area contributed by atoms with Gasteiger partial charge in [0.2, 0.25) is 0 Å². The molecule has 9 heteroatoms. The first-order valence-electron chi connectivity index (χ1n) is 10.1. The minimum Gasteiger partial charge on any atom is -0.486 e. The van der Waals surface area contributed by atoms with Gasteiger partial charge in [0.25, 0.3) is 11.5 Å². The van der Waals surface area contributed by atoms with E-state index in [-0.39, 0.29) is 28.6 Å². The number of hydrogen-bond acceptors (Lipinski definition) is 5. The van der Waals surface area contributed by atoms with Gasteiger partial charge < -0.3 is 19.8 Å². The van der Waals surface area contributed by atoms with Crippen molar-refractivity contribution < 1.29 is 18.7 Å². The largest absolute Gasteiger partial charge is 0.486 e. The fourth-order valence-corrected chi connectivity index (χ4v) is 3.58. The number of carbonyl (C=O) groups excluding carboxylic acids is 1. The second-order valence-electron chi connectivity index (χ2n) is 7.46. The Balaban J connectivity index is 1.43. The monoisotopic (exact) mass is 434 g/mol. The van der Waals surface area contributed by atoms with E-state index in [1.54, 1.807) is 37.4 Å². The lowest BCUT2D eigenvalue weighted by Crippen LogP contribution is -2.27. The highest BCUT2D eigenvalue weighted by Crippen LogP contribution is 2.33. The van der Waals surface area contributed by atoms with Crippen LogP contribution in [0.2, 0.25) is 0 Å². The number of halogens is 1. The van der Waals surface area contributed by atoms with Crippen LogP contribution in [-0.2, 0) is 0 Å². The molecule has 0 aliphatic carbocycles. The van der Waals surface area contributed by atoms with Crippen LogP contribution in [0.5, 0.6) is 11.5 Å². The summed E-state index contributed by atoms with van der Waals surface area (Å²) in [5.41, 5.74) is 1.96. The third-order valence-corrected chi connectivity index (χ3v) is 5.27. The summed E-state index contributed by atoms with van der Waals surface area (Å²) in [6, 6.07) is 12.3. The highest BCUT2D eigenvalue weighted by atomic mass is 19.1. The lowest BCUT2D eigenvalue weighted by Gasteiger charge is -2.18. The van der Waals surface area contributed by atoms with E-state index >= 15 is 0 Å². The van der Waals surface area contributed by atoms with Crippen LogP contribution in [0.25, 0.3) is 16.8 Å². The van der Waals surface area contributed by atoms with Crippen molar-refractivity contribution in [2.75, 3.05) is 13.2 Å². The number of aromatic amines is 1. The minimum atomic E-state index is -0.439. The molecule has 0 radical (unpaired) electrons. The van der Waals surface area contributed by atoms with E-state index in [4.69, 9.17) is 9.47 Å². The predicted molar refractivity (Wildman–Crippen MR) is 115 cm³/mol. The highest BCUT2D eigenvalue weighted by Gasteiger charge is 2.18. The molecule has 2 aromatic heterocycles. The topological polar surface area (TPSA) is 97.7 Å². The third-order valence-electron chi connectivity index (χ3n) is 5.27.